The van der Waals surface area contributed by atoms with Crippen molar-refractivity contribution >= 4 is 5.91 Å². The first-order valence-electron chi connectivity index (χ1n) is 10.0. The fourth-order valence-electron chi connectivity index (χ4n) is 3.72. The van der Waals surface area contributed by atoms with Gasteiger partial charge < -0.3 is 10.1 Å². The second kappa shape index (κ2) is 9.22. The Labute approximate surface area is 157 Å². The minimum Gasteiger partial charge on any atom is -0.497 e. The Morgan fingerprint density at radius 2 is 2.00 bits per heavy atom. The maximum atomic E-state index is 12.5. The van der Waals surface area contributed by atoms with Crippen LogP contribution in [0.1, 0.15) is 63.5 Å². The van der Waals surface area contributed by atoms with Crippen molar-refractivity contribution in [1.29, 1.82) is 0 Å². The molecule has 26 heavy (non-hydrogen) atoms. The molecular weight excluding hydrogens is 324 g/mol. The molecule has 2 atom stereocenters. The van der Waals surface area contributed by atoms with Crippen molar-refractivity contribution < 1.29 is 9.53 Å². The van der Waals surface area contributed by atoms with Crippen LogP contribution in [-0.2, 0) is 4.79 Å². The van der Waals surface area contributed by atoms with Gasteiger partial charge in [0, 0.05) is 12.6 Å². The zero-order valence-electron chi connectivity index (χ0n) is 16.1. The molecule has 0 radical (unpaired) electrons. The van der Waals surface area contributed by atoms with Gasteiger partial charge in [-0.25, -0.2) is 0 Å². The summed E-state index contributed by atoms with van der Waals surface area (Å²) in [5.41, 5.74) is 2.74. The monoisotopic (exact) mass is 356 g/mol. The van der Waals surface area contributed by atoms with E-state index in [4.69, 9.17) is 4.74 Å². The normalized spacial score (nSPS) is 19.4. The number of methoxy groups -OCH3 is 1. The highest BCUT2D eigenvalue weighted by molar-refractivity contribution is 5.81. The quantitative estimate of drug-likeness (QED) is 0.654. The molecule has 0 heterocycles. The highest BCUT2D eigenvalue weighted by atomic mass is 16.5. The van der Waals surface area contributed by atoms with Crippen molar-refractivity contribution in [3.63, 3.8) is 0 Å². The second-order valence-electron chi connectivity index (χ2n) is 7.63. The molecule has 0 aliphatic heterocycles. The van der Waals surface area contributed by atoms with E-state index in [0.29, 0.717) is 5.92 Å². The summed E-state index contributed by atoms with van der Waals surface area (Å²) in [6.07, 6.45) is 10.8. The molecule has 2 unspecified atom stereocenters. The molecule has 0 bridgehead atoms. The summed E-state index contributed by atoms with van der Waals surface area (Å²) in [5, 5.41) is 6.66. The molecule has 4 nitrogen and oxygen atoms in total. The zero-order valence-corrected chi connectivity index (χ0v) is 16.1. The maximum absolute atomic E-state index is 12.5. The van der Waals surface area contributed by atoms with E-state index >= 15 is 0 Å². The van der Waals surface area contributed by atoms with Gasteiger partial charge in [-0.05, 0) is 75.5 Å². The van der Waals surface area contributed by atoms with Crippen molar-refractivity contribution in [3.8, 4) is 5.75 Å². The molecular formula is C22H32N2O2. The van der Waals surface area contributed by atoms with Crippen LogP contribution in [0.4, 0.5) is 0 Å². The van der Waals surface area contributed by atoms with Crippen LogP contribution in [0, 0.1) is 5.92 Å². The van der Waals surface area contributed by atoms with Crippen LogP contribution in [0.2, 0.25) is 0 Å². The molecule has 1 saturated carbocycles. The van der Waals surface area contributed by atoms with Crippen LogP contribution in [0.25, 0.3) is 0 Å². The van der Waals surface area contributed by atoms with Gasteiger partial charge >= 0.3 is 0 Å². The van der Waals surface area contributed by atoms with Gasteiger partial charge in [0.15, 0.2) is 0 Å². The number of rotatable bonds is 9. The maximum Gasteiger partial charge on any atom is 0.236 e. The topological polar surface area (TPSA) is 50.4 Å². The van der Waals surface area contributed by atoms with Gasteiger partial charge in [0.25, 0.3) is 0 Å². The number of amides is 1. The van der Waals surface area contributed by atoms with E-state index in [1.54, 1.807) is 7.11 Å². The number of allylic oxidation sites excluding steroid dienone is 1. The van der Waals surface area contributed by atoms with E-state index in [0.717, 1.165) is 18.7 Å². The summed E-state index contributed by atoms with van der Waals surface area (Å²) in [6, 6.07) is 8.25. The van der Waals surface area contributed by atoms with Crippen LogP contribution >= 0.6 is 0 Å². The molecule has 0 aromatic heterocycles. The molecule has 0 saturated heterocycles. The molecule has 2 aliphatic carbocycles. The smallest absolute Gasteiger partial charge is 0.236 e. The molecule has 2 aliphatic rings. The lowest BCUT2D eigenvalue weighted by Crippen LogP contribution is -2.44. The lowest BCUT2D eigenvalue weighted by Gasteiger charge is -2.24. The minimum atomic E-state index is -0.192. The Bertz CT molecular complexity index is 620. The SMILES string of the molecule is COc1ccc(C(NC(C)C(=O)NCCC2=CCCCC2)C2CC2)cc1. The van der Waals surface area contributed by atoms with Crippen molar-refractivity contribution in [1.82, 2.24) is 10.6 Å². The molecule has 142 valence electrons. The molecule has 2 N–H and O–H groups in total. The summed E-state index contributed by atoms with van der Waals surface area (Å²) in [5.74, 6) is 1.60. The number of carbonyl (C=O) groups is 1. The predicted octanol–water partition coefficient (Wildman–Crippen LogP) is 4.13. The predicted molar refractivity (Wildman–Crippen MR) is 105 cm³/mol. The van der Waals surface area contributed by atoms with Gasteiger partial charge in [0.05, 0.1) is 13.2 Å². The number of benzene rings is 1. The van der Waals surface area contributed by atoms with Crippen LogP contribution < -0.4 is 15.4 Å². The fraction of sp³-hybridized carbons (Fsp3) is 0.591. The first-order valence-corrected chi connectivity index (χ1v) is 10.0. The van der Waals surface area contributed by atoms with E-state index in [1.807, 2.05) is 19.1 Å². The van der Waals surface area contributed by atoms with E-state index in [1.165, 1.54) is 49.7 Å². The zero-order chi connectivity index (χ0) is 18.4. The highest BCUT2D eigenvalue weighted by Crippen LogP contribution is 2.41. The molecule has 0 spiro atoms. The van der Waals surface area contributed by atoms with Gasteiger partial charge in [0.1, 0.15) is 5.75 Å². The summed E-state index contributed by atoms with van der Waals surface area (Å²) in [6.45, 7) is 2.71. The first kappa shape index (κ1) is 19.0. The van der Waals surface area contributed by atoms with Gasteiger partial charge in [-0.3, -0.25) is 10.1 Å². The van der Waals surface area contributed by atoms with Gasteiger partial charge in [-0.1, -0.05) is 23.8 Å². The average molecular weight is 357 g/mol. The van der Waals surface area contributed by atoms with Crippen LogP contribution in [0.5, 0.6) is 5.75 Å². The Hall–Kier alpha value is -1.81. The Balaban J connectivity index is 1.49. The number of carbonyl (C=O) groups excluding carboxylic acids is 1. The van der Waals surface area contributed by atoms with Gasteiger partial charge in [-0.15, -0.1) is 0 Å². The summed E-state index contributed by atoms with van der Waals surface area (Å²) >= 11 is 0. The summed E-state index contributed by atoms with van der Waals surface area (Å²) in [4.78, 5) is 12.5. The number of hydrogen-bond acceptors (Lipinski definition) is 3. The Morgan fingerprint density at radius 3 is 2.62 bits per heavy atom. The van der Waals surface area contributed by atoms with Crippen molar-refractivity contribution in [2.75, 3.05) is 13.7 Å². The van der Waals surface area contributed by atoms with Crippen molar-refractivity contribution in [2.45, 2.75) is 64.0 Å². The highest BCUT2D eigenvalue weighted by Gasteiger charge is 2.34. The molecule has 1 aromatic rings. The minimum absolute atomic E-state index is 0.0978. The second-order valence-corrected chi connectivity index (χ2v) is 7.63. The van der Waals surface area contributed by atoms with Gasteiger partial charge in [0.2, 0.25) is 5.91 Å². The van der Waals surface area contributed by atoms with E-state index in [2.05, 4.69) is 28.8 Å². The first-order chi connectivity index (χ1) is 12.7. The number of hydrogen-bond donors (Lipinski definition) is 2. The number of ether oxygens (including phenoxy) is 1. The Kier molecular flexibility index (Phi) is 6.73. The lowest BCUT2D eigenvalue weighted by atomic mass is 9.97. The third-order valence-corrected chi connectivity index (χ3v) is 5.52. The summed E-state index contributed by atoms with van der Waals surface area (Å²) in [7, 11) is 1.68. The molecule has 3 rings (SSSR count). The molecule has 1 amide bonds. The van der Waals surface area contributed by atoms with Crippen molar-refractivity contribution in [3.05, 3.63) is 41.5 Å². The van der Waals surface area contributed by atoms with E-state index < -0.39 is 0 Å². The largest absolute Gasteiger partial charge is 0.497 e. The third kappa shape index (κ3) is 5.34. The van der Waals surface area contributed by atoms with Crippen LogP contribution in [0.3, 0.4) is 0 Å². The third-order valence-electron chi connectivity index (χ3n) is 5.52. The lowest BCUT2D eigenvalue weighted by molar-refractivity contribution is -0.122. The number of nitrogens with one attached hydrogen (secondary N) is 2. The summed E-state index contributed by atoms with van der Waals surface area (Å²) < 4.78 is 5.25. The van der Waals surface area contributed by atoms with Gasteiger partial charge in [-0.2, -0.15) is 0 Å². The fourth-order valence-corrected chi connectivity index (χ4v) is 3.72. The van der Waals surface area contributed by atoms with E-state index in [9.17, 15) is 4.79 Å². The standard InChI is InChI=1S/C22H32N2O2/c1-16(22(25)23-15-14-17-6-4-3-5-7-17)24-21(18-8-9-18)19-10-12-20(26-2)13-11-19/h6,10-13,16,18,21,24H,3-5,7-9,14-15H2,1-2H3,(H,23,25). The molecule has 1 aromatic carbocycles. The Morgan fingerprint density at radius 1 is 1.23 bits per heavy atom. The van der Waals surface area contributed by atoms with Crippen molar-refractivity contribution in [2.24, 2.45) is 5.92 Å². The van der Waals surface area contributed by atoms with Crippen LogP contribution in [-0.4, -0.2) is 25.6 Å². The van der Waals surface area contributed by atoms with Crippen LogP contribution in [0.15, 0.2) is 35.9 Å². The molecule has 1 fully saturated rings. The molecule has 4 heteroatoms. The van der Waals surface area contributed by atoms with E-state index in [-0.39, 0.29) is 18.0 Å². The average Bonchev–Trinajstić information content (AvgIpc) is 3.52.